The van der Waals surface area contributed by atoms with Gasteiger partial charge in [-0.2, -0.15) is 0 Å². The van der Waals surface area contributed by atoms with Gasteiger partial charge in [0, 0.05) is 11.9 Å². The van der Waals surface area contributed by atoms with Gasteiger partial charge < -0.3 is 9.47 Å². The van der Waals surface area contributed by atoms with Crippen molar-refractivity contribution in [2.45, 2.75) is 17.5 Å². The van der Waals surface area contributed by atoms with Crippen LogP contribution in [0.3, 0.4) is 0 Å². The number of pyridine rings is 1. The molecule has 2 heterocycles. The lowest BCUT2D eigenvalue weighted by Crippen LogP contribution is -2.08. The molecule has 0 bridgehead atoms. The molecular formula is C22H18ClFN4O2S. The van der Waals surface area contributed by atoms with Crippen LogP contribution in [0.2, 0.25) is 5.15 Å². The normalized spacial score (nSPS) is 10.8. The molecule has 0 spiro atoms. The molecule has 0 aliphatic carbocycles. The van der Waals surface area contributed by atoms with Crippen LogP contribution in [-0.4, -0.2) is 26.9 Å². The van der Waals surface area contributed by atoms with E-state index >= 15 is 0 Å². The molecule has 4 rings (SSSR count). The second-order valence-corrected chi connectivity index (χ2v) is 7.76. The van der Waals surface area contributed by atoms with Crippen LogP contribution in [0.1, 0.15) is 11.4 Å². The molecule has 4 aromatic rings. The summed E-state index contributed by atoms with van der Waals surface area (Å²) in [5.41, 5.74) is 1.33. The third kappa shape index (κ3) is 5.15. The van der Waals surface area contributed by atoms with E-state index < -0.39 is 0 Å². The van der Waals surface area contributed by atoms with Crippen molar-refractivity contribution < 1.29 is 13.9 Å². The minimum absolute atomic E-state index is 0.120. The summed E-state index contributed by atoms with van der Waals surface area (Å²) >= 11 is 7.39. The standard InChI is InChI=1S/C22H18ClFN4O2S/c1-29-16-6-8-17(9-7-16)30-13-21-26-27-22(28(21)19-5-3-2-4-18(19)24)31-14-15-10-11-25-20(23)12-15/h2-12H,13-14H2,1H3. The fraction of sp³-hybridized carbons (Fsp3) is 0.136. The number of rotatable bonds is 8. The number of hydrogen-bond acceptors (Lipinski definition) is 6. The third-order valence-corrected chi connectivity index (χ3v) is 5.59. The molecule has 0 radical (unpaired) electrons. The molecule has 31 heavy (non-hydrogen) atoms. The molecule has 6 nitrogen and oxygen atoms in total. The van der Waals surface area contributed by atoms with Crippen molar-refractivity contribution in [2.24, 2.45) is 0 Å². The van der Waals surface area contributed by atoms with Gasteiger partial charge in [0.05, 0.1) is 12.8 Å². The SMILES string of the molecule is COc1ccc(OCc2nnc(SCc3ccnc(Cl)c3)n2-c2ccccc2F)cc1. The second-order valence-electron chi connectivity index (χ2n) is 6.43. The molecule has 158 valence electrons. The van der Waals surface area contributed by atoms with Crippen LogP contribution >= 0.6 is 23.4 Å². The van der Waals surface area contributed by atoms with Gasteiger partial charge in [-0.25, -0.2) is 9.37 Å². The Morgan fingerprint density at radius 3 is 2.55 bits per heavy atom. The van der Waals surface area contributed by atoms with E-state index in [0.717, 1.165) is 11.3 Å². The fourth-order valence-electron chi connectivity index (χ4n) is 2.86. The molecule has 0 amide bonds. The van der Waals surface area contributed by atoms with Crippen LogP contribution in [-0.2, 0) is 12.4 Å². The van der Waals surface area contributed by atoms with Gasteiger partial charge in [-0.05, 0) is 54.1 Å². The molecule has 2 aromatic heterocycles. The molecule has 0 saturated carbocycles. The number of thioether (sulfide) groups is 1. The Hall–Kier alpha value is -3.10. The minimum Gasteiger partial charge on any atom is -0.497 e. The van der Waals surface area contributed by atoms with Crippen molar-refractivity contribution in [3.05, 3.63) is 89.2 Å². The number of nitrogens with zero attached hydrogens (tertiary/aromatic N) is 4. The van der Waals surface area contributed by atoms with Crippen LogP contribution in [0.5, 0.6) is 11.5 Å². The fourth-order valence-corrected chi connectivity index (χ4v) is 3.97. The first-order valence-corrected chi connectivity index (χ1v) is 10.7. The summed E-state index contributed by atoms with van der Waals surface area (Å²) < 4.78 is 27.3. The third-order valence-electron chi connectivity index (χ3n) is 4.38. The van der Waals surface area contributed by atoms with E-state index in [-0.39, 0.29) is 12.4 Å². The van der Waals surface area contributed by atoms with Crippen LogP contribution in [0.25, 0.3) is 5.69 Å². The number of hydrogen-bond donors (Lipinski definition) is 0. The number of benzene rings is 2. The average molecular weight is 457 g/mol. The molecular weight excluding hydrogens is 439 g/mol. The lowest BCUT2D eigenvalue weighted by molar-refractivity contribution is 0.292. The van der Waals surface area contributed by atoms with E-state index in [9.17, 15) is 4.39 Å². The van der Waals surface area contributed by atoms with Crippen molar-refractivity contribution >= 4 is 23.4 Å². The molecule has 0 aliphatic heterocycles. The molecule has 0 N–H and O–H groups in total. The van der Waals surface area contributed by atoms with Crippen molar-refractivity contribution in [3.8, 4) is 17.2 Å². The lowest BCUT2D eigenvalue weighted by Gasteiger charge is -2.12. The summed E-state index contributed by atoms with van der Waals surface area (Å²) in [4.78, 5) is 3.99. The van der Waals surface area contributed by atoms with E-state index in [1.807, 2.05) is 6.07 Å². The average Bonchev–Trinajstić information content (AvgIpc) is 3.19. The summed E-state index contributed by atoms with van der Waals surface area (Å²) in [7, 11) is 1.60. The van der Waals surface area contributed by atoms with E-state index in [2.05, 4.69) is 15.2 Å². The molecule has 0 fully saturated rings. The number of aromatic nitrogens is 4. The summed E-state index contributed by atoms with van der Waals surface area (Å²) in [5.74, 6) is 2.06. The maximum absolute atomic E-state index is 14.6. The summed E-state index contributed by atoms with van der Waals surface area (Å²) in [5, 5.41) is 9.49. The molecule has 0 unspecified atom stereocenters. The van der Waals surface area contributed by atoms with Gasteiger partial charge in [0.2, 0.25) is 0 Å². The van der Waals surface area contributed by atoms with Gasteiger partial charge in [0.1, 0.15) is 29.1 Å². The minimum atomic E-state index is -0.373. The number of halogens is 2. The predicted molar refractivity (Wildman–Crippen MR) is 117 cm³/mol. The molecule has 0 saturated heterocycles. The van der Waals surface area contributed by atoms with Crippen molar-refractivity contribution in [1.82, 2.24) is 19.7 Å². The maximum Gasteiger partial charge on any atom is 0.196 e. The summed E-state index contributed by atoms with van der Waals surface area (Å²) in [6, 6.07) is 17.4. The molecule has 0 atom stereocenters. The van der Waals surface area contributed by atoms with Crippen LogP contribution in [0, 0.1) is 5.82 Å². The Balaban J connectivity index is 1.59. The quantitative estimate of drug-likeness (QED) is 0.263. The topological polar surface area (TPSA) is 62.1 Å². The largest absolute Gasteiger partial charge is 0.497 e. The van der Waals surface area contributed by atoms with Gasteiger partial charge >= 0.3 is 0 Å². The van der Waals surface area contributed by atoms with Crippen molar-refractivity contribution in [2.75, 3.05) is 7.11 Å². The Bertz CT molecular complexity index is 1170. The second kappa shape index (κ2) is 9.80. The first kappa shape index (κ1) is 21.1. The molecule has 0 aliphatic rings. The Kier molecular flexibility index (Phi) is 6.69. The van der Waals surface area contributed by atoms with Crippen molar-refractivity contribution in [1.29, 1.82) is 0 Å². The number of ether oxygens (including phenoxy) is 2. The van der Waals surface area contributed by atoms with E-state index in [0.29, 0.717) is 33.3 Å². The Morgan fingerprint density at radius 2 is 1.81 bits per heavy atom. The zero-order valence-electron chi connectivity index (χ0n) is 16.5. The highest BCUT2D eigenvalue weighted by molar-refractivity contribution is 7.98. The first-order valence-electron chi connectivity index (χ1n) is 9.33. The zero-order chi connectivity index (χ0) is 21.6. The van der Waals surface area contributed by atoms with E-state index in [1.54, 1.807) is 66.4 Å². The molecule has 9 heteroatoms. The smallest absolute Gasteiger partial charge is 0.196 e. The number of para-hydroxylation sites is 1. The van der Waals surface area contributed by atoms with Crippen LogP contribution in [0.4, 0.5) is 4.39 Å². The van der Waals surface area contributed by atoms with Gasteiger partial charge in [0.25, 0.3) is 0 Å². The van der Waals surface area contributed by atoms with Crippen molar-refractivity contribution in [3.63, 3.8) is 0 Å². The predicted octanol–water partition coefficient (Wildman–Crippen LogP) is 5.33. The van der Waals surface area contributed by atoms with Gasteiger partial charge in [-0.15, -0.1) is 10.2 Å². The van der Waals surface area contributed by atoms with Crippen LogP contribution in [0.15, 0.2) is 72.0 Å². The van der Waals surface area contributed by atoms with Crippen LogP contribution < -0.4 is 9.47 Å². The van der Waals surface area contributed by atoms with Gasteiger partial charge in [0.15, 0.2) is 11.0 Å². The highest BCUT2D eigenvalue weighted by atomic mass is 35.5. The lowest BCUT2D eigenvalue weighted by atomic mass is 10.3. The van der Waals surface area contributed by atoms with E-state index in [1.165, 1.54) is 17.8 Å². The Labute approximate surface area is 188 Å². The highest BCUT2D eigenvalue weighted by Crippen LogP contribution is 2.28. The zero-order valence-corrected chi connectivity index (χ0v) is 18.1. The summed E-state index contributed by atoms with van der Waals surface area (Å²) in [6.45, 7) is 0.120. The summed E-state index contributed by atoms with van der Waals surface area (Å²) in [6.07, 6.45) is 1.65. The maximum atomic E-state index is 14.6. The van der Waals surface area contributed by atoms with Gasteiger partial charge in [-0.1, -0.05) is 35.5 Å². The van der Waals surface area contributed by atoms with E-state index in [4.69, 9.17) is 21.1 Å². The highest BCUT2D eigenvalue weighted by Gasteiger charge is 2.18. The number of methoxy groups -OCH3 is 1. The van der Waals surface area contributed by atoms with Gasteiger partial charge in [-0.3, -0.25) is 4.57 Å². The molecule has 2 aromatic carbocycles. The monoisotopic (exact) mass is 456 g/mol. The first-order chi connectivity index (χ1) is 15.1. The Morgan fingerprint density at radius 1 is 1.03 bits per heavy atom.